The van der Waals surface area contributed by atoms with Gasteiger partial charge in [0.25, 0.3) is 0 Å². The number of rotatable bonds is 1. The summed E-state index contributed by atoms with van der Waals surface area (Å²) in [4.78, 5) is 4.74. The SMILES string of the molecule is Cc1cc(Br)c2nc(C3CCCN3)sc2c1. The molecule has 2 aromatic rings. The molecule has 0 aliphatic carbocycles. The van der Waals surface area contributed by atoms with E-state index in [1.54, 1.807) is 0 Å². The molecule has 1 aromatic heterocycles. The largest absolute Gasteiger partial charge is 0.308 e. The fraction of sp³-hybridized carbons (Fsp3) is 0.417. The van der Waals surface area contributed by atoms with Crippen molar-refractivity contribution in [1.82, 2.24) is 10.3 Å². The Bertz CT molecular complexity index is 529. The Balaban J connectivity index is 2.11. The molecule has 0 saturated carbocycles. The Morgan fingerprint density at radius 1 is 1.50 bits per heavy atom. The van der Waals surface area contributed by atoms with Gasteiger partial charge in [-0.15, -0.1) is 11.3 Å². The lowest BCUT2D eigenvalue weighted by atomic mass is 10.2. The van der Waals surface area contributed by atoms with Crippen LogP contribution in [0.4, 0.5) is 0 Å². The first-order valence-electron chi connectivity index (χ1n) is 5.54. The smallest absolute Gasteiger partial charge is 0.111 e. The zero-order valence-electron chi connectivity index (χ0n) is 9.09. The van der Waals surface area contributed by atoms with Gasteiger partial charge in [0.15, 0.2) is 0 Å². The van der Waals surface area contributed by atoms with Gasteiger partial charge in [0, 0.05) is 4.47 Å². The van der Waals surface area contributed by atoms with E-state index in [0.717, 1.165) is 16.5 Å². The Morgan fingerprint density at radius 2 is 2.38 bits per heavy atom. The molecular formula is C12H13BrN2S. The van der Waals surface area contributed by atoms with Crippen LogP contribution in [-0.4, -0.2) is 11.5 Å². The maximum absolute atomic E-state index is 4.74. The average Bonchev–Trinajstić information content (AvgIpc) is 2.82. The number of hydrogen-bond acceptors (Lipinski definition) is 3. The summed E-state index contributed by atoms with van der Waals surface area (Å²) >= 11 is 5.41. The summed E-state index contributed by atoms with van der Waals surface area (Å²) in [6, 6.07) is 4.83. The second-order valence-electron chi connectivity index (χ2n) is 4.29. The van der Waals surface area contributed by atoms with E-state index in [1.807, 2.05) is 11.3 Å². The lowest BCUT2D eigenvalue weighted by molar-refractivity contribution is 0.644. The molecule has 84 valence electrons. The van der Waals surface area contributed by atoms with Crippen LogP contribution in [0.3, 0.4) is 0 Å². The molecule has 0 amide bonds. The quantitative estimate of drug-likeness (QED) is 0.866. The van der Waals surface area contributed by atoms with Crippen LogP contribution in [0, 0.1) is 6.92 Å². The maximum atomic E-state index is 4.74. The number of hydrogen-bond donors (Lipinski definition) is 1. The highest BCUT2D eigenvalue weighted by Gasteiger charge is 2.20. The summed E-state index contributed by atoms with van der Waals surface area (Å²) in [6.07, 6.45) is 2.48. The molecule has 1 aromatic carbocycles. The predicted octanol–water partition coefficient (Wildman–Crippen LogP) is 3.79. The monoisotopic (exact) mass is 296 g/mol. The van der Waals surface area contributed by atoms with Gasteiger partial charge in [-0.1, -0.05) is 0 Å². The number of halogens is 1. The van der Waals surface area contributed by atoms with Crippen LogP contribution < -0.4 is 5.32 Å². The van der Waals surface area contributed by atoms with E-state index < -0.39 is 0 Å². The van der Waals surface area contributed by atoms with Gasteiger partial charge < -0.3 is 5.32 Å². The number of nitrogens with zero attached hydrogens (tertiary/aromatic N) is 1. The fourth-order valence-corrected chi connectivity index (χ4v) is 4.18. The standard InChI is InChI=1S/C12H13BrN2S/c1-7-5-8(13)11-10(6-7)16-12(15-11)9-3-2-4-14-9/h5-6,9,14H,2-4H2,1H3. The van der Waals surface area contributed by atoms with Crippen LogP contribution in [0.5, 0.6) is 0 Å². The lowest BCUT2D eigenvalue weighted by Crippen LogP contribution is -2.12. The summed E-state index contributed by atoms with van der Waals surface area (Å²) in [5.74, 6) is 0. The first-order valence-corrected chi connectivity index (χ1v) is 7.15. The molecule has 1 atom stereocenters. The number of aryl methyl sites for hydroxylation is 1. The zero-order valence-corrected chi connectivity index (χ0v) is 11.5. The molecule has 2 nitrogen and oxygen atoms in total. The predicted molar refractivity (Wildman–Crippen MR) is 72.0 cm³/mol. The molecule has 1 aliphatic rings. The Hall–Kier alpha value is -0.450. The highest BCUT2D eigenvalue weighted by molar-refractivity contribution is 9.10. The van der Waals surface area contributed by atoms with Crippen LogP contribution in [0.15, 0.2) is 16.6 Å². The van der Waals surface area contributed by atoms with Gasteiger partial charge in [-0.2, -0.15) is 0 Å². The van der Waals surface area contributed by atoms with E-state index in [2.05, 4.69) is 40.3 Å². The fourth-order valence-electron chi connectivity index (χ4n) is 2.18. The van der Waals surface area contributed by atoms with Gasteiger partial charge in [0.1, 0.15) is 5.01 Å². The van der Waals surface area contributed by atoms with E-state index >= 15 is 0 Å². The number of aromatic nitrogens is 1. The number of nitrogens with one attached hydrogen (secondary N) is 1. The Kier molecular flexibility index (Phi) is 2.73. The molecular weight excluding hydrogens is 284 g/mol. The van der Waals surface area contributed by atoms with Crippen molar-refractivity contribution in [3.63, 3.8) is 0 Å². The zero-order chi connectivity index (χ0) is 11.1. The second kappa shape index (κ2) is 4.09. The molecule has 1 aliphatic heterocycles. The molecule has 1 fully saturated rings. The molecule has 3 rings (SSSR count). The maximum Gasteiger partial charge on any atom is 0.111 e. The van der Waals surface area contributed by atoms with Crippen LogP contribution >= 0.6 is 27.3 Å². The normalized spacial score (nSPS) is 20.8. The summed E-state index contributed by atoms with van der Waals surface area (Å²) in [5.41, 5.74) is 2.40. The van der Waals surface area contributed by atoms with Crippen molar-refractivity contribution in [2.24, 2.45) is 0 Å². The van der Waals surface area contributed by atoms with Crippen molar-refractivity contribution in [3.8, 4) is 0 Å². The van der Waals surface area contributed by atoms with Gasteiger partial charge in [-0.05, 0) is 59.9 Å². The minimum Gasteiger partial charge on any atom is -0.308 e. The van der Waals surface area contributed by atoms with Crippen molar-refractivity contribution in [1.29, 1.82) is 0 Å². The Morgan fingerprint density at radius 3 is 3.12 bits per heavy atom. The molecule has 2 heterocycles. The van der Waals surface area contributed by atoms with Gasteiger partial charge in [0.2, 0.25) is 0 Å². The molecule has 1 saturated heterocycles. The third-order valence-electron chi connectivity index (χ3n) is 2.97. The first kappa shape index (κ1) is 10.7. The number of thiazole rings is 1. The van der Waals surface area contributed by atoms with Crippen LogP contribution in [0.1, 0.15) is 29.5 Å². The molecule has 1 N–H and O–H groups in total. The third-order valence-corrected chi connectivity index (χ3v) is 4.69. The molecule has 0 spiro atoms. The summed E-state index contributed by atoms with van der Waals surface area (Å²) in [7, 11) is 0. The summed E-state index contributed by atoms with van der Waals surface area (Å²) < 4.78 is 2.40. The van der Waals surface area contributed by atoms with E-state index in [-0.39, 0.29) is 0 Å². The van der Waals surface area contributed by atoms with Crippen LogP contribution in [0.25, 0.3) is 10.2 Å². The van der Waals surface area contributed by atoms with Crippen molar-refractivity contribution in [2.45, 2.75) is 25.8 Å². The van der Waals surface area contributed by atoms with E-state index in [0.29, 0.717) is 6.04 Å². The van der Waals surface area contributed by atoms with E-state index in [9.17, 15) is 0 Å². The van der Waals surface area contributed by atoms with E-state index in [1.165, 1.54) is 28.1 Å². The van der Waals surface area contributed by atoms with Gasteiger partial charge in [-0.3, -0.25) is 0 Å². The van der Waals surface area contributed by atoms with Crippen molar-refractivity contribution < 1.29 is 0 Å². The van der Waals surface area contributed by atoms with Crippen molar-refractivity contribution in [3.05, 3.63) is 27.2 Å². The third kappa shape index (κ3) is 1.79. The molecule has 0 radical (unpaired) electrons. The topological polar surface area (TPSA) is 24.9 Å². The molecule has 0 bridgehead atoms. The highest BCUT2D eigenvalue weighted by atomic mass is 79.9. The lowest BCUT2D eigenvalue weighted by Gasteiger charge is -2.03. The average molecular weight is 297 g/mol. The van der Waals surface area contributed by atoms with Gasteiger partial charge in [-0.25, -0.2) is 4.98 Å². The number of fused-ring (bicyclic) bond motifs is 1. The summed E-state index contributed by atoms with van der Waals surface area (Å²) in [6.45, 7) is 3.25. The molecule has 1 unspecified atom stereocenters. The van der Waals surface area contributed by atoms with Crippen LogP contribution in [0.2, 0.25) is 0 Å². The molecule has 4 heteroatoms. The van der Waals surface area contributed by atoms with Crippen LogP contribution in [-0.2, 0) is 0 Å². The Labute approximate surface area is 107 Å². The molecule has 16 heavy (non-hydrogen) atoms. The van der Waals surface area contributed by atoms with Gasteiger partial charge in [0.05, 0.1) is 16.3 Å². The minimum atomic E-state index is 0.476. The highest BCUT2D eigenvalue weighted by Crippen LogP contribution is 2.34. The van der Waals surface area contributed by atoms with E-state index in [4.69, 9.17) is 4.98 Å². The second-order valence-corrected chi connectivity index (χ2v) is 6.21. The minimum absolute atomic E-state index is 0.476. The van der Waals surface area contributed by atoms with Crippen molar-refractivity contribution >= 4 is 37.5 Å². The first-order chi connectivity index (χ1) is 7.74. The summed E-state index contributed by atoms with van der Waals surface area (Å²) in [5, 5.41) is 4.74. The van der Waals surface area contributed by atoms with Gasteiger partial charge >= 0.3 is 0 Å². The van der Waals surface area contributed by atoms with Crippen molar-refractivity contribution in [2.75, 3.05) is 6.54 Å². The number of benzene rings is 1.